The van der Waals surface area contributed by atoms with Gasteiger partial charge in [0.25, 0.3) is 0 Å². The van der Waals surface area contributed by atoms with Gasteiger partial charge < -0.3 is 30.2 Å². The van der Waals surface area contributed by atoms with Crippen LogP contribution < -0.4 is 20.7 Å². The second-order valence-corrected chi connectivity index (χ2v) is 9.03. The molecule has 0 amide bonds. The highest BCUT2D eigenvalue weighted by Gasteiger charge is 2.15. The molecule has 0 spiro atoms. The van der Waals surface area contributed by atoms with E-state index in [0.29, 0.717) is 19.2 Å². The molecule has 0 aromatic carbocycles. The summed E-state index contributed by atoms with van der Waals surface area (Å²) in [6.45, 7) is 16.9. The molecule has 3 N–H and O–H groups in total. The summed E-state index contributed by atoms with van der Waals surface area (Å²) in [7, 11) is 5.41. The van der Waals surface area contributed by atoms with Crippen LogP contribution in [-0.4, -0.2) is 87.8 Å². The van der Waals surface area contributed by atoms with Crippen LogP contribution in [0.1, 0.15) is 53.4 Å². The summed E-state index contributed by atoms with van der Waals surface area (Å²) in [6, 6.07) is 0.355. The Morgan fingerprint density at radius 1 is 1.32 bits per heavy atom. The first-order chi connectivity index (χ1) is 18.4. The van der Waals surface area contributed by atoms with Crippen molar-refractivity contribution in [2.75, 3.05) is 70.8 Å². The normalized spacial score (nSPS) is 14.7. The van der Waals surface area contributed by atoms with E-state index >= 15 is 0 Å². The Balaban J connectivity index is 0.00000255. The highest BCUT2D eigenvalue weighted by molar-refractivity contribution is 5.65. The van der Waals surface area contributed by atoms with Crippen LogP contribution in [0.5, 0.6) is 6.01 Å². The number of carbonyl (C=O) groups is 1. The van der Waals surface area contributed by atoms with Gasteiger partial charge in [-0.2, -0.15) is 4.98 Å². The zero-order valence-electron chi connectivity index (χ0n) is 24.8. The van der Waals surface area contributed by atoms with Crippen molar-refractivity contribution in [1.29, 1.82) is 0 Å². The third-order valence-corrected chi connectivity index (χ3v) is 5.54. The van der Waals surface area contributed by atoms with Crippen LogP contribution in [0.15, 0.2) is 42.2 Å². The predicted molar refractivity (Wildman–Crippen MR) is 160 cm³/mol. The standard InChI is InChI=1S/C26H43N5O2.C2H4O.CH5N/c1-7-12-23(16-21(3)18-31-13-10-9-11-14-31)19-30(6)25-24(27-5)17-28-26(29-25)33-20-22(4)32-15-8-2;1-2-3;1-2/h7,12,16-17,22,27H,1,8-11,13-15,18-20H2,2-6H3;2H,1H3;2H2,1H3/b21-16+,23-12+;;. The van der Waals surface area contributed by atoms with Gasteiger partial charge in [-0.05, 0) is 65.7 Å². The quantitative estimate of drug-likeness (QED) is 0.265. The van der Waals surface area contributed by atoms with Crippen LogP contribution in [0, 0.1) is 0 Å². The lowest BCUT2D eigenvalue weighted by Gasteiger charge is -2.27. The molecule has 1 aliphatic rings. The van der Waals surface area contributed by atoms with Gasteiger partial charge in [0.2, 0.25) is 0 Å². The highest BCUT2D eigenvalue weighted by Crippen LogP contribution is 2.25. The average Bonchev–Trinajstić information content (AvgIpc) is 2.92. The number of ether oxygens (including phenoxy) is 2. The molecular formula is C29H52N6O3. The van der Waals surface area contributed by atoms with Crippen LogP contribution in [0.25, 0.3) is 0 Å². The summed E-state index contributed by atoms with van der Waals surface area (Å²) in [4.78, 5) is 22.5. The van der Waals surface area contributed by atoms with E-state index in [2.05, 4.69) is 63.4 Å². The minimum atomic E-state index is -0.00569. The molecule has 1 aromatic rings. The zero-order valence-corrected chi connectivity index (χ0v) is 24.8. The number of likely N-dealkylation sites (tertiary alicyclic amines) is 1. The summed E-state index contributed by atoms with van der Waals surface area (Å²) < 4.78 is 11.5. The molecule has 216 valence electrons. The van der Waals surface area contributed by atoms with Crippen molar-refractivity contribution < 1.29 is 14.3 Å². The summed E-state index contributed by atoms with van der Waals surface area (Å²) in [5, 5.41) is 3.19. The fourth-order valence-corrected chi connectivity index (χ4v) is 3.93. The number of nitrogens with one attached hydrogen (secondary N) is 1. The molecule has 1 aromatic heterocycles. The number of aldehydes is 1. The van der Waals surface area contributed by atoms with Gasteiger partial charge in [0, 0.05) is 33.8 Å². The molecule has 1 atom stereocenters. The Hall–Kier alpha value is -2.75. The molecule has 38 heavy (non-hydrogen) atoms. The first-order valence-electron chi connectivity index (χ1n) is 13.6. The second kappa shape index (κ2) is 22.3. The van der Waals surface area contributed by atoms with E-state index in [4.69, 9.17) is 14.3 Å². The molecule has 2 rings (SSSR count). The third-order valence-electron chi connectivity index (χ3n) is 5.54. The van der Waals surface area contributed by atoms with Crippen molar-refractivity contribution in [3.8, 4) is 6.01 Å². The van der Waals surface area contributed by atoms with Crippen molar-refractivity contribution in [3.63, 3.8) is 0 Å². The van der Waals surface area contributed by atoms with Gasteiger partial charge in [0.15, 0.2) is 5.82 Å². The van der Waals surface area contributed by atoms with Crippen LogP contribution in [0.3, 0.4) is 0 Å². The molecule has 9 heteroatoms. The lowest BCUT2D eigenvalue weighted by atomic mass is 10.1. The Labute approximate surface area is 231 Å². The molecule has 2 heterocycles. The number of carbonyl (C=O) groups excluding carboxylic acids is 1. The monoisotopic (exact) mass is 532 g/mol. The van der Waals surface area contributed by atoms with E-state index in [1.807, 2.05) is 27.1 Å². The Morgan fingerprint density at radius 3 is 2.55 bits per heavy atom. The van der Waals surface area contributed by atoms with Crippen molar-refractivity contribution in [2.24, 2.45) is 5.73 Å². The van der Waals surface area contributed by atoms with E-state index in [9.17, 15) is 0 Å². The van der Waals surface area contributed by atoms with Gasteiger partial charge in [-0.25, -0.2) is 4.98 Å². The molecule has 9 nitrogen and oxygen atoms in total. The lowest BCUT2D eigenvalue weighted by molar-refractivity contribution is -0.106. The molecule has 0 bridgehead atoms. The summed E-state index contributed by atoms with van der Waals surface area (Å²) in [6.07, 6.45) is 13.7. The van der Waals surface area contributed by atoms with E-state index in [1.165, 1.54) is 57.5 Å². The second-order valence-electron chi connectivity index (χ2n) is 9.03. The molecular weight excluding hydrogens is 480 g/mol. The summed E-state index contributed by atoms with van der Waals surface area (Å²) in [5.74, 6) is 0.793. The molecule has 1 fully saturated rings. The summed E-state index contributed by atoms with van der Waals surface area (Å²) >= 11 is 0. The lowest BCUT2D eigenvalue weighted by Crippen LogP contribution is -2.31. The van der Waals surface area contributed by atoms with Crippen molar-refractivity contribution in [2.45, 2.75) is 59.5 Å². The van der Waals surface area contributed by atoms with Crippen LogP contribution >= 0.6 is 0 Å². The van der Waals surface area contributed by atoms with E-state index < -0.39 is 0 Å². The maximum Gasteiger partial charge on any atom is 0.318 e. The number of nitrogens with two attached hydrogens (primary N) is 1. The number of hydrogen-bond donors (Lipinski definition) is 2. The SMILES string of the molecule is C=C/C=C(\C=C(/C)CN1CCCCC1)CN(C)c1nc(OCC(C)OCCC)ncc1NC.CC=O.CN. The highest BCUT2D eigenvalue weighted by atomic mass is 16.5. The molecule has 1 aliphatic heterocycles. The number of nitrogens with zero attached hydrogens (tertiary/aromatic N) is 4. The third kappa shape index (κ3) is 14.9. The average molecular weight is 533 g/mol. The van der Waals surface area contributed by atoms with Crippen LogP contribution in [0.2, 0.25) is 0 Å². The molecule has 0 aliphatic carbocycles. The fraction of sp³-hybridized carbons (Fsp3) is 0.621. The fourth-order valence-electron chi connectivity index (χ4n) is 3.93. The number of likely N-dealkylation sites (N-methyl/N-ethyl adjacent to an activating group) is 1. The molecule has 0 saturated carbocycles. The first-order valence-corrected chi connectivity index (χ1v) is 13.6. The minimum Gasteiger partial charge on any atom is -0.461 e. The van der Waals surface area contributed by atoms with Gasteiger partial charge >= 0.3 is 6.01 Å². The van der Waals surface area contributed by atoms with Crippen molar-refractivity contribution >= 4 is 17.8 Å². The summed E-state index contributed by atoms with van der Waals surface area (Å²) in [5.41, 5.74) is 7.90. The number of allylic oxidation sites excluding steroid dienone is 2. The number of piperidine rings is 1. The molecule has 1 saturated heterocycles. The van der Waals surface area contributed by atoms with Gasteiger partial charge in [-0.3, -0.25) is 4.90 Å². The number of anilines is 2. The smallest absolute Gasteiger partial charge is 0.318 e. The number of rotatable bonds is 14. The van der Waals surface area contributed by atoms with E-state index in [1.54, 1.807) is 6.20 Å². The Morgan fingerprint density at radius 2 is 1.97 bits per heavy atom. The molecule has 0 radical (unpaired) electrons. The van der Waals surface area contributed by atoms with E-state index in [0.717, 1.165) is 37.4 Å². The van der Waals surface area contributed by atoms with Gasteiger partial charge in [0.1, 0.15) is 12.9 Å². The van der Waals surface area contributed by atoms with Crippen molar-refractivity contribution in [1.82, 2.24) is 14.9 Å². The van der Waals surface area contributed by atoms with Crippen LogP contribution in [-0.2, 0) is 9.53 Å². The number of hydrogen-bond acceptors (Lipinski definition) is 9. The largest absolute Gasteiger partial charge is 0.461 e. The first kappa shape index (κ1) is 35.2. The minimum absolute atomic E-state index is 0.00569. The maximum atomic E-state index is 8.81. The van der Waals surface area contributed by atoms with Gasteiger partial charge in [-0.1, -0.05) is 43.7 Å². The van der Waals surface area contributed by atoms with E-state index in [-0.39, 0.29) is 6.10 Å². The van der Waals surface area contributed by atoms with Crippen molar-refractivity contribution in [3.05, 3.63) is 42.2 Å². The maximum absolute atomic E-state index is 8.81. The Kier molecular flexibility index (Phi) is 20.6. The zero-order chi connectivity index (χ0) is 28.8. The van der Waals surface area contributed by atoms with Gasteiger partial charge in [0.05, 0.1) is 18.0 Å². The topological polar surface area (TPSA) is 106 Å². The number of aromatic nitrogens is 2. The van der Waals surface area contributed by atoms with Gasteiger partial charge in [-0.15, -0.1) is 0 Å². The molecule has 1 unspecified atom stereocenters. The Bertz CT molecular complexity index is 838. The predicted octanol–water partition coefficient (Wildman–Crippen LogP) is 4.47. The van der Waals surface area contributed by atoms with Crippen LogP contribution in [0.4, 0.5) is 11.5 Å².